The van der Waals surface area contributed by atoms with Crippen molar-refractivity contribution >= 4 is 11.6 Å². The summed E-state index contributed by atoms with van der Waals surface area (Å²) in [5.74, 6) is -0.769. The van der Waals surface area contributed by atoms with Crippen LogP contribution < -0.4 is 11.1 Å². The topological polar surface area (TPSA) is 64.3 Å². The van der Waals surface area contributed by atoms with Crippen LogP contribution >= 0.6 is 0 Å². The zero-order chi connectivity index (χ0) is 12.8. The normalized spacial score (nSPS) is 12.2. The number of carbonyl (C=O) groups excluding carboxylic acids is 1. The van der Waals surface area contributed by atoms with Crippen LogP contribution in [0.4, 0.5) is 10.1 Å². The van der Waals surface area contributed by atoms with Gasteiger partial charge in [0.2, 0.25) is 0 Å². The Morgan fingerprint density at radius 2 is 2.29 bits per heavy atom. The van der Waals surface area contributed by atoms with Crippen molar-refractivity contribution in [2.45, 2.75) is 19.4 Å². The lowest BCUT2D eigenvalue weighted by molar-refractivity contribution is 0.0895. The van der Waals surface area contributed by atoms with E-state index < -0.39 is 5.82 Å². The van der Waals surface area contributed by atoms with Gasteiger partial charge in [-0.25, -0.2) is 4.39 Å². The summed E-state index contributed by atoms with van der Waals surface area (Å²) < 4.78 is 17.8. The first-order chi connectivity index (χ1) is 8.08. The van der Waals surface area contributed by atoms with Crippen LogP contribution in [0.15, 0.2) is 18.2 Å². The molecule has 0 saturated heterocycles. The highest BCUT2D eigenvalue weighted by atomic mass is 19.1. The average Bonchev–Trinajstić information content (AvgIpc) is 2.28. The first-order valence-corrected chi connectivity index (χ1v) is 5.43. The van der Waals surface area contributed by atoms with Gasteiger partial charge >= 0.3 is 0 Å². The molecule has 0 bridgehead atoms. The maximum atomic E-state index is 12.8. The zero-order valence-corrected chi connectivity index (χ0v) is 10.00. The minimum absolute atomic E-state index is 0.0723. The largest absolute Gasteiger partial charge is 0.398 e. The number of halogens is 1. The van der Waals surface area contributed by atoms with Crippen LogP contribution in [0.1, 0.15) is 23.7 Å². The van der Waals surface area contributed by atoms with Gasteiger partial charge in [-0.05, 0) is 24.6 Å². The van der Waals surface area contributed by atoms with E-state index in [0.717, 1.165) is 12.5 Å². The predicted octanol–water partition coefficient (Wildman–Crippen LogP) is 1.56. The quantitative estimate of drug-likeness (QED) is 0.768. The molecule has 0 saturated carbocycles. The number of hydrogen-bond donors (Lipinski definition) is 2. The number of nitrogens with one attached hydrogen (secondary N) is 1. The van der Waals surface area contributed by atoms with Gasteiger partial charge in [-0.15, -0.1) is 0 Å². The van der Waals surface area contributed by atoms with Crippen molar-refractivity contribution < 1.29 is 13.9 Å². The zero-order valence-electron chi connectivity index (χ0n) is 10.00. The number of amides is 1. The summed E-state index contributed by atoms with van der Waals surface area (Å²) in [7, 11) is 1.57. The molecule has 0 aromatic heterocycles. The van der Waals surface area contributed by atoms with Crippen molar-refractivity contribution in [3.63, 3.8) is 0 Å². The lowest BCUT2D eigenvalue weighted by Gasteiger charge is -2.16. The molecule has 1 aromatic rings. The lowest BCUT2D eigenvalue weighted by Crippen LogP contribution is -2.37. The number of anilines is 1. The Hall–Kier alpha value is -1.62. The standard InChI is InChI=1S/C12H17FN2O2/c1-3-9(7-17-2)15-12(16)10-5-4-8(13)6-11(10)14/h4-6,9H,3,7,14H2,1-2H3,(H,15,16). The molecule has 3 N–H and O–H groups in total. The highest BCUT2D eigenvalue weighted by Crippen LogP contribution is 2.13. The van der Waals surface area contributed by atoms with E-state index in [0.29, 0.717) is 6.61 Å². The number of benzene rings is 1. The van der Waals surface area contributed by atoms with Crippen molar-refractivity contribution in [3.05, 3.63) is 29.6 Å². The molecular formula is C12H17FN2O2. The highest BCUT2D eigenvalue weighted by molar-refractivity contribution is 5.99. The summed E-state index contributed by atoms with van der Waals surface area (Å²) in [6.45, 7) is 2.38. The van der Waals surface area contributed by atoms with Gasteiger partial charge in [0.05, 0.1) is 18.2 Å². The third kappa shape index (κ3) is 3.71. The van der Waals surface area contributed by atoms with Crippen LogP contribution in [0.3, 0.4) is 0 Å². The monoisotopic (exact) mass is 240 g/mol. The van der Waals surface area contributed by atoms with Crippen molar-refractivity contribution in [2.24, 2.45) is 0 Å². The van der Waals surface area contributed by atoms with E-state index in [9.17, 15) is 9.18 Å². The van der Waals surface area contributed by atoms with E-state index in [1.54, 1.807) is 7.11 Å². The number of rotatable bonds is 5. The van der Waals surface area contributed by atoms with Gasteiger partial charge in [0.15, 0.2) is 0 Å². The molecule has 1 atom stereocenters. The summed E-state index contributed by atoms with van der Waals surface area (Å²) in [5, 5.41) is 2.78. The van der Waals surface area contributed by atoms with Gasteiger partial charge in [0.25, 0.3) is 5.91 Å². The average molecular weight is 240 g/mol. The molecule has 5 heteroatoms. The number of carbonyl (C=O) groups is 1. The number of hydrogen-bond acceptors (Lipinski definition) is 3. The smallest absolute Gasteiger partial charge is 0.253 e. The summed E-state index contributed by atoms with van der Waals surface area (Å²) in [4.78, 5) is 11.9. The SMILES string of the molecule is CCC(COC)NC(=O)c1ccc(F)cc1N. The maximum Gasteiger partial charge on any atom is 0.253 e. The first kappa shape index (κ1) is 13.4. The second kappa shape index (κ2) is 6.20. The molecule has 0 aliphatic carbocycles. The van der Waals surface area contributed by atoms with Crippen LogP contribution in [0.25, 0.3) is 0 Å². The van der Waals surface area contributed by atoms with E-state index in [1.807, 2.05) is 6.92 Å². The van der Waals surface area contributed by atoms with Crippen LogP contribution in [0.5, 0.6) is 0 Å². The second-order valence-electron chi connectivity index (χ2n) is 3.77. The molecule has 1 aromatic carbocycles. The first-order valence-electron chi connectivity index (χ1n) is 5.43. The van der Waals surface area contributed by atoms with Gasteiger partial charge in [-0.1, -0.05) is 6.92 Å². The summed E-state index contributed by atoms with van der Waals surface area (Å²) >= 11 is 0. The maximum absolute atomic E-state index is 12.8. The minimum Gasteiger partial charge on any atom is -0.398 e. The Bertz CT molecular complexity index is 396. The van der Waals surface area contributed by atoms with Gasteiger partial charge < -0.3 is 15.8 Å². The molecule has 1 amide bonds. The van der Waals surface area contributed by atoms with Gasteiger partial charge in [-0.3, -0.25) is 4.79 Å². The number of ether oxygens (including phenoxy) is 1. The number of nitrogen functional groups attached to an aromatic ring is 1. The van der Waals surface area contributed by atoms with Gasteiger partial charge in [0, 0.05) is 12.8 Å². The van der Waals surface area contributed by atoms with Crippen molar-refractivity contribution in [1.82, 2.24) is 5.32 Å². The molecule has 0 fully saturated rings. The molecule has 0 spiro atoms. The third-order valence-corrected chi connectivity index (χ3v) is 2.45. The molecule has 1 rings (SSSR count). The molecular weight excluding hydrogens is 223 g/mol. The Morgan fingerprint density at radius 1 is 1.59 bits per heavy atom. The molecule has 0 heterocycles. The lowest BCUT2D eigenvalue weighted by atomic mass is 10.1. The van der Waals surface area contributed by atoms with Crippen LogP contribution in [-0.4, -0.2) is 25.7 Å². The Balaban J connectivity index is 2.75. The Kier molecular flexibility index (Phi) is 4.90. The minimum atomic E-state index is -0.456. The fourth-order valence-corrected chi connectivity index (χ4v) is 1.47. The van der Waals surface area contributed by atoms with E-state index >= 15 is 0 Å². The van der Waals surface area contributed by atoms with E-state index in [-0.39, 0.29) is 23.2 Å². The van der Waals surface area contributed by atoms with Gasteiger partial charge in [-0.2, -0.15) is 0 Å². The van der Waals surface area contributed by atoms with E-state index in [4.69, 9.17) is 10.5 Å². The van der Waals surface area contributed by atoms with Crippen molar-refractivity contribution in [2.75, 3.05) is 19.5 Å². The van der Waals surface area contributed by atoms with Crippen molar-refractivity contribution in [1.29, 1.82) is 0 Å². The highest BCUT2D eigenvalue weighted by Gasteiger charge is 2.14. The fraction of sp³-hybridized carbons (Fsp3) is 0.417. The molecule has 17 heavy (non-hydrogen) atoms. The molecule has 4 nitrogen and oxygen atoms in total. The number of nitrogens with two attached hydrogens (primary N) is 1. The second-order valence-corrected chi connectivity index (χ2v) is 3.77. The molecule has 1 unspecified atom stereocenters. The molecule has 0 aliphatic heterocycles. The molecule has 0 radical (unpaired) electrons. The predicted molar refractivity (Wildman–Crippen MR) is 64.2 cm³/mol. The molecule has 0 aliphatic rings. The summed E-state index contributed by atoms with van der Waals surface area (Å²) in [6.07, 6.45) is 0.751. The van der Waals surface area contributed by atoms with E-state index in [1.165, 1.54) is 12.1 Å². The fourth-order valence-electron chi connectivity index (χ4n) is 1.47. The molecule has 94 valence electrons. The number of methoxy groups -OCH3 is 1. The summed E-state index contributed by atoms with van der Waals surface area (Å²) in [5.41, 5.74) is 5.99. The van der Waals surface area contributed by atoms with Crippen LogP contribution in [0, 0.1) is 5.82 Å². The van der Waals surface area contributed by atoms with Crippen LogP contribution in [-0.2, 0) is 4.74 Å². The van der Waals surface area contributed by atoms with Gasteiger partial charge in [0.1, 0.15) is 5.82 Å². The van der Waals surface area contributed by atoms with Crippen LogP contribution in [0.2, 0.25) is 0 Å². The third-order valence-electron chi connectivity index (χ3n) is 2.45. The Labute approximate surface area is 100.0 Å². The Morgan fingerprint density at radius 3 is 2.82 bits per heavy atom. The van der Waals surface area contributed by atoms with E-state index in [2.05, 4.69) is 5.32 Å². The van der Waals surface area contributed by atoms with Crippen molar-refractivity contribution in [3.8, 4) is 0 Å². The summed E-state index contributed by atoms with van der Waals surface area (Å²) in [6, 6.07) is 3.64.